The third-order valence-electron chi connectivity index (χ3n) is 2.06. The summed E-state index contributed by atoms with van der Waals surface area (Å²) in [4.78, 5) is 0. The fourth-order valence-electron chi connectivity index (χ4n) is 1.39. The number of rotatable bonds is 1. The highest BCUT2D eigenvalue weighted by molar-refractivity contribution is 5.26. The molecule has 1 atom stereocenters. The summed E-state index contributed by atoms with van der Waals surface area (Å²) in [6, 6.07) is 11.2. The summed E-state index contributed by atoms with van der Waals surface area (Å²) in [5, 5.41) is 0. The largest absolute Gasteiger partial charge is 0.0830 e. The molecule has 2 radical (unpaired) electrons. The molecule has 0 nitrogen and oxygen atoms in total. The van der Waals surface area contributed by atoms with E-state index in [-0.39, 0.29) is 0 Å². The maximum absolute atomic E-state index is 3.11. The zero-order chi connectivity index (χ0) is 8.23. The molecule has 0 heterocycles. The van der Waals surface area contributed by atoms with Gasteiger partial charge in [-0.2, -0.15) is 0 Å². The van der Waals surface area contributed by atoms with Gasteiger partial charge in [-0.15, -0.1) is 0 Å². The monoisotopic (exact) mass is 154 g/mol. The molecule has 0 aliphatic heterocycles. The van der Waals surface area contributed by atoms with Gasteiger partial charge in [-0.3, -0.25) is 0 Å². The molecule has 0 fully saturated rings. The first-order valence-electron chi connectivity index (χ1n) is 4.17. The van der Waals surface area contributed by atoms with Gasteiger partial charge in [0.25, 0.3) is 0 Å². The van der Waals surface area contributed by atoms with Gasteiger partial charge in [0.2, 0.25) is 0 Å². The van der Waals surface area contributed by atoms with Crippen LogP contribution < -0.4 is 0 Å². The Morgan fingerprint density at radius 1 is 1.42 bits per heavy atom. The van der Waals surface area contributed by atoms with E-state index >= 15 is 0 Å². The van der Waals surface area contributed by atoms with Gasteiger partial charge < -0.3 is 0 Å². The van der Waals surface area contributed by atoms with Crippen LogP contribution in [0.3, 0.4) is 0 Å². The van der Waals surface area contributed by atoms with Crippen molar-refractivity contribution in [1.82, 2.24) is 0 Å². The predicted molar refractivity (Wildman–Crippen MR) is 49.6 cm³/mol. The summed E-state index contributed by atoms with van der Waals surface area (Å²) in [5.74, 6) is 0.507. The zero-order valence-corrected chi connectivity index (χ0v) is 6.83. The van der Waals surface area contributed by atoms with Gasteiger partial charge >= 0.3 is 0 Å². The van der Waals surface area contributed by atoms with E-state index in [0.717, 1.165) is 6.42 Å². The summed E-state index contributed by atoms with van der Waals surface area (Å²) in [6.45, 7) is 0. The zero-order valence-electron chi connectivity index (χ0n) is 6.83. The molecule has 0 saturated carbocycles. The van der Waals surface area contributed by atoms with Crippen molar-refractivity contribution in [3.05, 3.63) is 60.2 Å². The van der Waals surface area contributed by atoms with Crippen LogP contribution in [0.5, 0.6) is 0 Å². The molecule has 1 aliphatic carbocycles. The van der Waals surface area contributed by atoms with Crippen LogP contribution in [0, 0.1) is 12.1 Å². The Balaban J connectivity index is 2.21. The minimum absolute atomic E-state index is 0.507. The summed E-state index contributed by atoms with van der Waals surface area (Å²) in [7, 11) is 0. The lowest BCUT2D eigenvalue weighted by molar-refractivity contribution is 0.850. The summed E-state index contributed by atoms with van der Waals surface area (Å²) >= 11 is 0. The van der Waals surface area contributed by atoms with Gasteiger partial charge in [-0.25, -0.2) is 0 Å². The Morgan fingerprint density at radius 3 is 3.08 bits per heavy atom. The highest BCUT2D eigenvalue weighted by Crippen LogP contribution is 2.23. The Morgan fingerprint density at radius 2 is 2.42 bits per heavy atom. The van der Waals surface area contributed by atoms with Crippen LogP contribution in [0.15, 0.2) is 42.5 Å². The van der Waals surface area contributed by atoms with Crippen LogP contribution in [0.4, 0.5) is 0 Å². The Kier molecular flexibility index (Phi) is 2.08. The van der Waals surface area contributed by atoms with Crippen LogP contribution in [0.1, 0.15) is 17.9 Å². The molecule has 58 valence electrons. The van der Waals surface area contributed by atoms with Gasteiger partial charge in [-0.05, 0) is 24.1 Å². The number of hydrogen-bond acceptors (Lipinski definition) is 0. The van der Waals surface area contributed by atoms with Crippen LogP contribution in [-0.4, -0.2) is 0 Å². The topological polar surface area (TPSA) is 0 Å². The van der Waals surface area contributed by atoms with Crippen molar-refractivity contribution in [2.45, 2.75) is 12.3 Å². The lowest BCUT2D eigenvalue weighted by Gasteiger charge is -2.11. The van der Waals surface area contributed by atoms with Crippen molar-refractivity contribution in [3.63, 3.8) is 0 Å². The second kappa shape index (κ2) is 3.40. The summed E-state index contributed by atoms with van der Waals surface area (Å²) in [6.07, 6.45) is 10.4. The second-order valence-electron chi connectivity index (χ2n) is 2.91. The third-order valence-corrected chi connectivity index (χ3v) is 2.06. The average Bonchev–Trinajstić information content (AvgIpc) is 2.21. The lowest BCUT2D eigenvalue weighted by Crippen LogP contribution is -1.95. The molecule has 0 amide bonds. The second-order valence-corrected chi connectivity index (χ2v) is 2.91. The van der Waals surface area contributed by atoms with Crippen molar-refractivity contribution in [1.29, 1.82) is 0 Å². The molecule has 1 aromatic carbocycles. The van der Waals surface area contributed by atoms with E-state index < -0.39 is 0 Å². The highest BCUT2D eigenvalue weighted by Gasteiger charge is 2.06. The maximum Gasteiger partial charge on any atom is 0.00620 e. The van der Waals surface area contributed by atoms with Crippen molar-refractivity contribution in [2.24, 2.45) is 0 Å². The molecule has 2 rings (SSSR count). The fraction of sp³-hybridized carbons (Fsp3) is 0.167. The maximum atomic E-state index is 3.11. The molecule has 0 N–H and O–H groups in total. The normalized spacial score (nSPS) is 21.2. The Hall–Kier alpha value is -1.30. The van der Waals surface area contributed by atoms with E-state index in [2.05, 4.69) is 30.4 Å². The minimum atomic E-state index is 0.507. The van der Waals surface area contributed by atoms with Crippen molar-refractivity contribution < 1.29 is 0 Å². The van der Waals surface area contributed by atoms with E-state index in [0.29, 0.717) is 5.92 Å². The molecule has 1 aromatic rings. The van der Waals surface area contributed by atoms with E-state index in [1.54, 1.807) is 0 Å². The first kappa shape index (κ1) is 7.35. The highest BCUT2D eigenvalue weighted by atomic mass is 14.1. The molecule has 12 heavy (non-hydrogen) atoms. The smallest absolute Gasteiger partial charge is 0.00620 e. The van der Waals surface area contributed by atoms with Gasteiger partial charge in [0.15, 0.2) is 0 Å². The minimum Gasteiger partial charge on any atom is -0.0830 e. The van der Waals surface area contributed by atoms with Crippen LogP contribution in [0.2, 0.25) is 0 Å². The lowest BCUT2D eigenvalue weighted by atomic mass is 9.93. The van der Waals surface area contributed by atoms with Crippen molar-refractivity contribution in [3.8, 4) is 0 Å². The number of allylic oxidation sites excluding steroid dienone is 4. The molecular weight excluding hydrogens is 144 g/mol. The van der Waals surface area contributed by atoms with Gasteiger partial charge in [0.05, 0.1) is 0 Å². The summed E-state index contributed by atoms with van der Waals surface area (Å²) < 4.78 is 0. The van der Waals surface area contributed by atoms with Crippen LogP contribution >= 0.6 is 0 Å². The molecule has 1 aliphatic rings. The number of benzene rings is 1. The fourth-order valence-corrected chi connectivity index (χ4v) is 1.39. The van der Waals surface area contributed by atoms with Crippen LogP contribution in [-0.2, 0) is 0 Å². The molecule has 0 aromatic heterocycles. The number of hydrogen-bond donors (Lipinski definition) is 0. The van der Waals surface area contributed by atoms with E-state index in [1.807, 2.05) is 24.3 Å². The van der Waals surface area contributed by atoms with Crippen LogP contribution in [0.25, 0.3) is 0 Å². The molecule has 0 bridgehead atoms. The van der Waals surface area contributed by atoms with E-state index in [4.69, 9.17) is 0 Å². The van der Waals surface area contributed by atoms with E-state index in [1.165, 1.54) is 5.56 Å². The van der Waals surface area contributed by atoms with Gasteiger partial charge in [0, 0.05) is 5.92 Å². The molecule has 0 unspecified atom stereocenters. The molecule has 0 heteroatoms. The SMILES string of the molecule is [C]1=C[C@H](c2c[c]ccc2)CC=C1. The molecular formula is C12H10. The first-order chi connectivity index (χ1) is 5.97. The summed E-state index contributed by atoms with van der Waals surface area (Å²) in [5.41, 5.74) is 1.33. The quantitative estimate of drug-likeness (QED) is 0.583. The average molecular weight is 154 g/mol. The van der Waals surface area contributed by atoms with Crippen molar-refractivity contribution >= 4 is 0 Å². The van der Waals surface area contributed by atoms with Crippen molar-refractivity contribution in [2.75, 3.05) is 0 Å². The third kappa shape index (κ3) is 1.48. The standard InChI is InChI=1S/C12H10/c1-3-7-11(8-4-1)12-9-5-2-6-10-12/h1-3,5,7-8,10,12H,9H2/t12-/m1/s1. The van der Waals surface area contributed by atoms with Gasteiger partial charge in [0.1, 0.15) is 0 Å². The van der Waals surface area contributed by atoms with E-state index in [9.17, 15) is 0 Å². The molecule has 0 saturated heterocycles. The Bertz CT molecular complexity index is 293. The molecule has 0 spiro atoms. The van der Waals surface area contributed by atoms with Gasteiger partial charge in [-0.1, -0.05) is 42.5 Å². The Labute approximate surface area is 73.2 Å². The first-order valence-corrected chi connectivity index (χ1v) is 4.17. The predicted octanol–water partition coefficient (Wildman–Crippen LogP) is 2.89.